The van der Waals surface area contributed by atoms with Gasteiger partial charge in [0.15, 0.2) is 5.54 Å². The Hall–Kier alpha value is -3.38. The molecule has 9 heteroatoms. The summed E-state index contributed by atoms with van der Waals surface area (Å²) < 4.78 is 39.4. The van der Waals surface area contributed by atoms with Crippen molar-refractivity contribution in [3.8, 4) is 18.1 Å². The van der Waals surface area contributed by atoms with E-state index < -0.39 is 29.7 Å². The zero-order valence-electron chi connectivity index (χ0n) is 14.9. The number of carbonyl (C=O) groups is 1. The number of amides is 1. The normalized spacial score (nSPS) is 21.4. The van der Waals surface area contributed by atoms with Crippen LogP contribution in [-0.2, 0) is 10.3 Å². The Labute approximate surface area is 163 Å². The summed E-state index contributed by atoms with van der Waals surface area (Å²) in [6.07, 6.45) is 0.483. The third kappa shape index (κ3) is 2.84. The molecule has 148 valence electrons. The summed E-state index contributed by atoms with van der Waals surface area (Å²) in [5.41, 5.74) is -2.07. The molecule has 2 aromatic carbocycles. The molecule has 0 bridgehead atoms. The molecule has 0 radical (unpaired) electrons. The second-order valence-electron chi connectivity index (χ2n) is 6.81. The van der Waals surface area contributed by atoms with Crippen molar-refractivity contribution in [1.82, 2.24) is 5.32 Å². The minimum atomic E-state index is -4.59. The molecule has 2 aliphatic heterocycles. The first-order valence-corrected chi connectivity index (χ1v) is 8.70. The quantitative estimate of drug-likeness (QED) is 0.674. The lowest BCUT2D eigenvalue weighted by Gasteiger charge is -2.30. The standard InChI is InChI=1S/C20H15F3N4O2/c1-2-12-4-3-5-15-16(12)25-17(29)19(15,13-6-8-14(28)9-7-13)24-11-10-18(26-27-18)20(21,22)23/h1,3-9,24,28H,10-11H2,(H,25,29). The summed E-state index contributed by atoms with van der Waals surface area (Å²) in [7, 11) is 0. The van der Waals surface area contributed by atoms with Crippen molar-refractivity contribution in [2.75, 3.05) is 11.9 Å². The van der Waals surface area contributed by atoms with Gasteiger partial charge in [-0.25, -0.2) is 0 Å². The Balaban J connectivity index is 1.74. The number of carbonyl (C=O) groups excluding carboxylic acids is 1. The number of aromatic hydroxyl groups is 1. The van der Waals surface area contributed by atoms with E-state index >= 15 is 0 Å². The maximum atomic E-state index is 13.1. The summed E-state index contributed by atoms with van der Waals surface area (Å²) >= 11 is 0. The van der Waals surface area contributed by atoms with E-state index in [9.17, 15) is 23.1 Å². The monoisotopic (exact) mass is 400 g/mol. The minimum Gasteiger partial charge on any atom is -0.508 e. The van der Waals surface area contributed by atoms with Crippen LogP contribution in [0.4, 0.5) is 18.9 Å². The number of benzene rings is 2. The fourth-order valence-corrected chi connectivity index (χ4v) is 3.56. The number of alkyl halides is 3. The maximum Gasteiger partial charge on any atom is 0.437 e. The number of nitrogens with one attached hydrogen (secondary N) is 2. The minimum absolute atomic E-state index is 0.00786. The van der Waals surface area contributed by atoms with Crippen molar-refractivity contribution < 1.29 is 23.1 Å². The highest BCUT2D eigenvalue weighted by atomic mass is 19.4. The lowest BCUT2D eigenvalue weighted by atomic mass is 9.83. The summed E-state index contributed by atoms with van der Waals surface area (Å²) in [5.74, 6) is 2.01. The number of rotatable bonds is 5. The molecule has 0 saturated carbocycles. The van der Waals surface area contributed by atoms with Crippen LogP contribution in [0.2, 0.25) is 0 Å². The highest BCUT2D eigenvalue weighted by Crippen LogP contribution is 2.47. The van der Waals surface area contributed by atoms with Gasteiger partial charge >= 0.3 is 6.18 Å². The van der Waals surface area contributed by atoms with Gasteiger partial charge in [-0.2, -0.15) is 13.2 Å². The van der Waals surface area contributed by atoms with Gasteiger partial charge in [0.25, 0.3) is 11.6 Å². The highest BCUT2D eigenvalue weighted by molar-refractivity contribution is 6.09. The largest absolute Gasteiger partial charge is 0.508 e. The van der Waals surface area contributed by atoms with Crippen molar-refractivity contribution >= 4 is 11.6 Å². The SMILES string of the molecule is C#Cc1cccc2c1NC(=O)C2(NCCC1(C(F)(F)F)N=N1)c1ccc(O)cc1. The van der Waals surface area contributed by atoms with Gasteiger partial charge in [0.05, 0.1) is 5.69 Å². The van der Waals surface area contributed by atoms with Gasteiger partial charge in [-0.3, -0.25) is 10.1 Å². The Bertz CT molecular complexity index is 1050. The van der Waals surface area contributed by atoms with Crippen LogP contribution in [0.1, 0.15) is 23.1 Å². The van der Waals surface area contributed by atoms with Crippen molar-refractivity contribution in [3.05, 3.63) is 59.2 Å². The second-order valence-corrected chi connectivity index (χ2v) is 6.81. The van der Waals surface area contributed by atoms with Gasteiger partial charge in [-0.15, -0.1) is 16.7 Å². The Kier molecular flexibility index (Phi) is 4.13. The lowest BCUT2D eigenvalue weighted by molar-refractivity contribution is -0.164. The summed E-state index contributed by atoms with van der Waals surface area (Å²) in [4.78, 5) is 13.1. The van der Waals surface area contributed by atoms with Gasteiger partial charge in [0.1, 0.15) is 5.75 Å². The average molecular weight is 400 g/mol. The third-order valence-corrected chi connectivity index (χ3v) is 5.16. The number of nitrogens with zero attached hydrogens (tertiary/aromatic N) is 2. The molecule has 0 aromatic heterocycles. The van der Waals surface area contributed by atoms with E-state index in [1.807, 2.05) is 0 Å². The molecule has 3 N–H and O–H groups in total. The van der Waals surface area contributed by atoms with Crippen LogP contribution >= 0.6 is 0 Å². The Morgan fingerprint density at radius 1 is 1.17 bits per heavy atom. The predicted molar refractivity (Wildman–Crippen MR) is 98.2 cm³/mol. The van der Waals surface area contributed by atoms with Gasteiger partial charge in [-0.1, -0.05) is 30.2 Å². The van der Waals surface area contributed by atoms with E-state index in [1.54, 1.807) is 18.2 Å². The number of halogens is 3. The molecule has 4 rings (SSSR count). The van der Waals surface area contributed by atoms with Crippen molar-refractivity contribution in [2.45, 2.75) is 23.8 Å². The first-order valence-electron chi connectivity index (χ1n) is 8.70. The van der Waals surface area contributed by atoms with Crippen LogP contribution in [0.25, 0.3) is 0 Å². The van der Waals surface area contributed by atoms with E-state index in [1.165, 1.54) is 24.3 Å². The molecule has 0 fully saturated rings. The Morgan fingerprint density at radius 2 is 1.86 bits per heavy atom. The van der Waals surface area contributed by atoms with Crippen molar-refractivity contribution in [1.29, 1.82) is 0 Å². The van der Waals surface area contributed by atoms with Crippen LogP contribution in [0.15, 0.2) is 52.7 Å². The number of hydrogen-bond acceptors (Lipinski definition) is 5. The molecular formula is C20H15F3N4O2. The molecule has 1 amide bonds. The second kappa shape index (κ2) is 6.32. The molecule has 2 aromatic rings. The van der Waals surface area contributed by atoms with Crippen LogP contribution in [0, 0.1) is 12.3 Å². The smallest absolute Gasteiger partial charge is 0.437 e. The molecule has 29 heavy (non-hydrogen) atoms. The number of fused-ring (bicyclic) bond motifs is 1. The first-order chi connectivity index (χ1) is 13.7. The van der Waals surface area contributed by atoms with Crippen molar-refractivity contribution in [3.63, 3.8) is 0 Å². The molecule has 2 heterocycles. The highest BCUT2D eigenvalue weighted by Gasteiger charge is 2.63. The molecule has 1 atom stereocenters. The number of anilines is 1. The fourth-order valence-electron chi connectivity index (χ4n) is 3.56. The van der Waals surface area contributed by atoms with Crippen molar-refractivity contribution in [2.24, 2.45) is 10.2 Å². The summed E-state index contributed by atoms with van der Waals surface area (Å²) in [6.45, 7) is -0.194. The molecule has 0 aliphatic carbocycles. The van der Waals surface area contributed by atoms with E-state index in [2.05, 4.69) is 26.8 Å². The number of para-hydroxylation sites is 1. The van der Waals surface area contributed by atoms with Crippen LogP contribution in [-0.4, -0.2) is 29.4 Å². The average Bonchev–Trinajstić information content (AvgIpc) is 3.42. The predicted octanol–water partition coefficient (Wildman–Crippen LogP) is 3.27. The molecule has 0 spiro atoms. The summed E-state index contributed by atoms with van der Waals surface area (Å²) in [6, 6.07) is 10.9. The van der Waals surface area contributed by atoms with Gasteiger partial charge < -0.3 is 10.4 Å². The van der Waals surface area contributed by atoms with Crippen LogP contribution < -0.4 is 10.6 Å². The van der Waals surface area contributed by atoms with E-state index in [0.29, 0.717) is 22.4 Å². The molecule has 6 nitrogen and oxygen atoms in total. The third-order valence-electron chi connectivity index (χ3n) is 5.16. The lowest BCUT2D eigenvalue weighted by Crippen LogP contribution is -2.50. The molecule has 0 saturated heterocycles. The van der Waals surface area contributed by atoms with Gasteiger partial charge in [0, 0.05) is 24.1 Å². The zero-order chi connectivity index (χ0) is 20.9. The van der Waals surface area contributed by atoms with Crippen LogP contribution in [0.5, 0.6) is 5.75 Å². The van der Waals surface area contributed by atoms with Gasteiger partial charge in [0.2, 0.25) is 0 Å². The number of hydrogen-bond donors (Lipinski definition) is 3. The van der Waals surface area contributed by atoms with E-state index in [-0.39, 0.29) is 12.3 Å². The topological polar surface area (TPSA) is 86.1 Å². The van der Waals surface area contributed by atoms with E-state index in [4.69, 9.17) is 6.42 Å². The molecule has 1 unspecified atom stereocenters. The zero-order valence-corrected chi connectivity index (χ0v) is 14.9. The molecule has 2 aliphatic rings. The first kappa shape index (κ1) is 19.0. The Morgan fingerprint density at radius 3 is 2.45 bits per heavy atom. The maximum absolute atomic E-state index is 13.1. The molecular weight excluding hydrogens is 385 g/mol. The fraction of sp³-hybridized carbons (Fsp3) is 0.250. The van der Waals surface area contributed by atoms with Crippen LogP contribution in [0.3, 0.4) is 0 Å². The number of phenols is 1. The number of phenolic OH excluding ortho intramolecular Hbond substituents is 1. The van der Waals surface area contributed by atoms with Gasteiger partial charge in [-0.05, 0) is 23.8 Å². The van der Waals surface area contributed by atoms with E-state index in [0.717, 1.165) is 0 Å². The summed E-state index contributed by atoms with van der Waals surface area (Å²) in [5, 5.41) is 21.7. The number of terminal acetylenes is 1.